The number of aryl methyl sites for hydroxylation is 2. The lowest BCUT2D eigenvalue weighted by Gasteiger charge is -2.29. The molecule has 6 nitrogen and oxygen atoms in total. The number of hydrogen-bond donors (Lipinski definition) is 2. The predicted molar refractivity (Wildman–Crippen MR) is 158 cm³/mol. The van der Waals surface area contributed by atoms with Gasteiger partial charge in [-0.25, -0.2) is 0 Å². The minimum Gasteiger partial charge on any atom is -0.351 e. The van der Waals surface area contributed by atoms with Crippen molar-refractivity contribution in [3.05, 3.63) is 106 Å². The van der Waals surface area contributed by atoms with Crippen molar-refractivity contribution in [1.82, 2.24) is 14.9 Å². The summed E-state index contributed by atoms with van der Waals surface area (Å²) in [6.07, 6.45) is 2.24. The first-order valence-corrected chi connectivity index (χ1v) is 13.4. The molecule has 1 amide bonds. The van der Waals surface area contributed by atoms with Gasteiger partial charge in [-0.05, 0) is 105 Å². The number of nitrogens with one attached hydrogen (secondary N) is 2. The third kappa shape index (κ3) is 4.79. The summed E-state index contributed by atoms with van der Waals surface area (Å²) in [5.74, 6) is -0.0121. The maximum Gasteiger partial charge on any atom is 0.224 e. The van der Waals surface area contributed by atoms with E-state index in [0.29, 0.717) is 16.6 Å². The Balaban J connectivity index is 1.63. The monoisotopic (exact) mass is 543 g/mol. The Kier molecular flexibility index (Phi) is 7.23. The molecule has 1 aliphatic rings. The Bertz CT molecular complexity index is 1500. The second-order valence-corrected chi connectivity index (χ2v) is 10.4. The Morgan fingerprint density at radius 1 is 1.05 bits per heavy atom. The van der Waals surface area contributed by atoms with Gasteiger partial charge in [-0.2, -0.15) is 0 Å². The van der Waals surface area contributed by atoms with E-state index in [4.69, 9.17) is 23.8 Å². The summed E-state index contributed by atoms with van der Waals surface area (Å²) in [6, 6.07) is 21.8. The van der Waals surface area contributed by atoms with Crippen molar-refractivity contribution in [3.63, 3.8) is 0 Å². The Labute approximate surface area is 233 Å². The van der Waals surface area contributed by atoms with Gasteiger partial charge in [-0.1, -0.05) is 24.6 Å². The molecule has 2 aromatic heterocycles. The zero-order valence-corrected chi connectivity index (χ0v) is 23.4. The standard InChI is InChI=1S/C30H30ClN5OS/c1-5-27(37)33-25-14-13-23(16-18(25)2)36-29(28(34-30(36)38)26-8-6-7-15-32-26)24-17-19(3)35(20(24)4)22-11-9-21(31)10-12-22/h6-17,28-29H,5H2,1-4H3,(H,33,37)(H,34,38)/t28-,29-/m1/s1. The van der Waals surface area contributed by atoms with E-state index in [1.165, 1.54) is 0 Å². The van der Waals surface area contributed by atoms with Crippen LogP contribution < -0.4 is 15.5 Å². The SMILES string of the molecule is CCC(=O)Nc1ccc(N2C(=S)N[C@H](c3ccccn3)[C@H]2c2cc(C)n(-c3ccc(Cl)cc3)c2C)cc1C. The number of nitrogens with zero attached hydrogens (tertiary/aromatic N) is 3. The highest BCUT2D eigenvalue weighted by molar-refractivity contribution is 7.80. The number of benzene rings is 2. The van der Waals surface area contributed by atoms with E-state index in [1.807, 2.05) is 74.6 Å². The van der Waals surface area contributed by atoms with Gasteiger partial charge >= 0.3 is 0 Å². The maximum atomic E-state index is 12.0. The smallest absolute Gasteiger partial charge is 0.224 e. The molecule has 3 heterocycles. The molecule has 1 saturated heterocycles. The molecule has 0 unspecified atom stereocenters. The molecule has 0 radical (unpaired) electrons. The number of carbonyl (C=O) groups excluding carboxylic acids is 1. The quantitative estimate of drug-likeness (QED) is 0.257. The second kappa shape index (κ2) is 10.6. The third-order valence-electron chi connectivity index (χ3n) is 7.06. The minimum absolute atomic E-state index is 0.0121. The van der Waals surface area contributed by atoms with Crippen LogP contribution in [-0.2, 0) is 4.79 Å². The van der Waals surface area contributed by atoms with Gasteiger partial charge < -0.3 is 20.1 Å². The molecule has 0 bridgehead atoms. The van der Waals surface area contributed by atoms with E-state index >= 15 is 0 Å². The summed E-state index contributed by atoms with van der Waals surface area (Å²) < 4.78 is 2.25. The zero-order valence-electron chi connectivity index (χ0n) is 21.8. The van der Waals surface area contributed by atoms with Gasteiger partial charge in [0, 0.05) is 46.1 Å². The van der Waals surface area contributed by atoms with Crippen LogP contribution in [0, 0.1) is 20.8 Å². The summed E-state index contributed by atoms with van der Waals surface area (Å²) in [6.45, 7) is 8.09. The first kappa shape index (κ1) is 25.9. The Morgan fingerprint density at radius 3 is 2.45 bits per heavy atom. The highest BCUT2D eigenvalue weighted by Gasteiger charge is 2.42. The lowest BCUT2D eigenvalue weighted by molar-refractivity contribution is -0.115. The maximum absolute atomic E-state index is 12.0. The van der Waals surface area contributed by atoms with Crippen molar-refractivity contribution in [1.29, 1.82) is 0 Å². The molecule has 0 saturated carbocycles. The lowest BCUT2D eigenvalue weighted by Crippen LogP contribution is -2.29. The largest absolute Gasteiger partial charge is 0.351 e. The normalized spacial score (nSPS) is 17.0. The molecule has 0 spiro atoms. The van der Waals surface area contributed by atoms with Crippen LogP contribution in [0.3, 0.4) is 0 Å². The fourth-order valence-electron chi connectivity index (χ4n) is 5.20. The van der Waals surface area contributed by atoms with Crippen LogP contribution in [0.25, 0.3) is 5.69 Å². The average molecular weight is 544 g/mol. The molecule has 194 valence electrons. The lowest BCUT2D eigenvalue weighted by atomic mass is 9.96. The molecule has 2 N–H and O–H groups in total. The van der Waals surface area contributed by atoms with Crippen LogP contribution in [0.4, 0.5) is 11.4 Å². The van der Waals surface area contributed by atoms with Crippen LogP contribution in [0.5, 0.6) is 0 Å². The number of thiocarbonyl (C=S) groups is 1. The Morgan fingerprint density at radius 2 is 1.79 bits per heavy atom. The summed E-state index contributed by atoms with van der Waals surface area (Å²) >= 11 is 12.1. The van der Waals surface area contributed by atoms with E-state index in [1.54, 1.807) is 0 Å². The number of pyridine rings is 1. The topological polar surface area (TPSA) is 62.2 Å². The molecule has 2 aromatic carbocycles. The molecule has 1 aliphatic heterocycles. The fourth-order valence-corrected chi connectivity index (χ4v) is 5.67. The number of anilines is 2. The number of rotatable bonds is 6. The van der Waals surface area contributed by atoms with E-state index in [2.05, 4.69) is 51.1 Å². The second-order valence-electron chi connectivity index (χ2n) is 9.54. The van der Waals surface area contributed by atoms with Crippen LogP contribution >= 0.6 is 23.8 Å². The number of hydrogen-bond acceptors (Lipinski definition) is 3. The van der Waals surface area contributed by atoms with Gasteiger partial charge in [0.2, 0.25) is 5.91 Å². The van der Waals surface area contributed by atoms with Crippen molar-refractivity contribution < 1.29 is 4.79 Å². The molecule has 1 fully saturated rings. The van der Waals surface area contributed by atoms with Crippen molar-refractivity contribution in [3.8, 4) is 5.69 Å². The first-order chi connectivity index (χ1) is 18.3. The number of aromatic nitrogens is 2. The van der Waals surface area contributed by atoms with Gasteiger partial charge in [0.25, 0.3) is 0 Å². The summed E-state index contributed by atoms with van der Waals surface area (Å²) in [4.78, 5) is 18.9. The molecular formula is C30H30ClN5OS. The molecular weight excluding hydrogens is 514 g/mol. The van der Waals surface area contributed by atoms with Crippen molar-refractivity contribution in [2.24, 2.45) is 0 Å². The van der Waals surface area contributed by atoms with Crippen molar-refractivity contribution in [2.75, 3.05) is 10.2 Å². The predicted octanol–water partition coefficient (Wildman–Crippen LogP) is 6.98. The highest BCUT2D eigenvalue weighted by Crippen LogP contribution is 2.44. The number of carbonyl (C=O) groups is 1. The third-order valence-corrected chi connectivity index (χ3v) is 7.62. The van der Waals surface area contributed by atoms with Crippen LogP contribution in [0.1, 0.15) is 53.6 Å². The van der Waals surface area contributed by atoms with Gasteiger partial charge in [0.15, 0.2) is 5.11 Å². The molecule has 4 aromatic rings. The minimum atomic E-state index is -0.150. The van der Waals surface area contributed by atoms with Gasteiger partial charge in [-0.15, -0.1) is 0 Å². The van der Waals surface area contributed by atoms with Crippen LogP contribution in [-0.4, -0.2) is 20.6 Å². The Hall–Kier alpha value is -3.68. The van der Waals surface area contributed by atoms with Gasteiger partial charge in [0.05, 0.1) is 17.8 Å². The van der Waals surface area contributed by atoms with Crippen molar-refractivity contribution >= 4 is 46.2 Å². The molecule has 38 heavy (non-hydrogen) atoms. The molecule has 2 atom stereocenters. The zero-order chi connectivity index (χ0) is 27.0. The van der Waals surface area contributed by atoms with Gasteiger partial charge in [0.1, 0.15) is 0 Å². The highest BCUT2D eigenvalue weighted by atomic mass is 35.5. The van der Waals surface area contributed by atoms with Crippen LogP contribution in [0.15, 0.2) is 72.9 Å². The van der Waals surface area contributed by atoms with Gasteiger partial charge in [-0.3, -0.25) is 9.78 Å². The van der Waals surface area contributed by atoms with E-state index < -0.39 is 0 Å². The molecule has 5 rings (SSSR count). The van der Waals surface area contributed by atoms with E-state index in [0.717, 1.165) is 45.3 Å². The molecule has 8 heteroatoms. The van der Waals surface area contributed by atoms with Crippen LogP contribution in [0.2, 0.25) is 5.02 Å². The summed E-state index contributed by atoms with van der Waals surface area (Å²) in [7, 11) is 0. The average Bonchev–Trinajstić information content (AvgIpc) is 3.41. The molecule has 0 aliphatic carbocycles. The van der Waals surface area contributed by atoms with E-state index in [-0.39, 0.29) is 18.0 Å². The first-order valence-electron chi connectivity index (χ1n) is 12.6. The summed E-state index contributed by atoms with van der Waals surface area (Å²) in [5.41, 5.74) is 8.09. The number of halogens is 1. The number of amides is 1. The summed E-state index contributed by atoms with van der Waals surface area (Å²) in [5, 5.41) is 7.86. The van der Waals surface area contributed by atoms with E-state index in [9.17, 15) is 4.79 Å². The fraction of sp³-hybridized carbons (Fsp3) is 0.233. The van der Waals surface area contributed by atoms with Crippen molar-refractivity contribution in [2.45, 2.75) is 46.2 Å².